The van der Waals surface area contributed by atoms with Gasteiger partial charge in [-0.2, -0.15) is 0 Å². The normalized spacial score (nSPS) is 11.7. The fourth-order valence-corrected chi connectivity index (χ4v) is 3.34. The van der Waals surface area contributed by atoms with Crippen LogP contribution in [0.15, 0.2) is 42.5 Å². The predicted molar refractivity (Wildman–Crippen MR) is 104 cm³/mol. The summed E-state index contributed by atoms with van der Waals surface area (Å²) < 4.78 is 0. The number of rotatable bonds is 8. The molecule has 130 valence electrons. The third-order valence-corrected chi connectivity index (χ3v) is 5.17. The third kappa shape index (κ3) is 4.20. The molecule has 2 rings (SSSR count). The van der Waals surface area contributed by atoms with Gasteiger partial charge in [0.05, 0.1) is 0 Å². The lowest BCUT2D eigenvalue weighted by Crippen LogP contribution is -2.19. The summed E-state index contributed by atoms with van der Waals surface area (Å²) in [6.07, 6.45) is 6.75. The Labute approximate surface area is 147 Å². The van der Waals surface area contributed by atoms with Crippen molar-refractivity contribution in [2.45, 2.75) is 71.6 Å². The summed E-state index contributed by atoms with van der Waals surface area (Å²) in [6.45, 7) is 8.90. The first-order chi connectivity index (χ1) is 11.5. The number of phenolic OH excluding ortho intramolecular Hbond substituents is 1. The van der Waals surface area contributed by atoms with Gasteiger partial charge < -0.3 is 5.11 Å². The van der Waals surface area contributed by atoms with Gasteiger partial charge in [0, 0.05) is 5.41 Å². The van der Waals surface area contributed by atoms with E-state index in [1.54, 1.807) is 0 Å². The number of aromatic hydroxyl groups is 1. The lowest BCUT2D eigenvalue weighted by molar-refractivity contribution is 0.458. The Kier molecular flexibility index (Phi) is 6.48. The molecule has 0 saturated heterocycles. The van der Waals surface area contributed by atoms with Crippen LogP contribution in [0.25, 0.3) is 0 Å². The Hall–Kier alpha value is -1.76. The van der Waals surface area contributed by atoms with E-state index in [0.717, 1.165) is 30.4 Å². The van der Waals surface area contributed by atoms with Gasteiger partial charge in [-0.1, -0.05) is 89.4 Å². The summed E-state index contributed by atoms with van der Waals surface area (Å²) in [5.74, 6) is 0.515. The zero-order valence-electron chi connectivity index (χ0n) is 15.7. The Morgan fingerprint density at radius 2 is 1.50 bits per heavy atom. The smallest absolute Gasteiger partial charge is 0.121 e. The van der Waals surface area contributed by atoms with Gasteiger partial charge in [0.1, 0.15) is 5.75 Å². The van der Waals surface area contributed by atoms with Gasteiger partial charge in [0.25, 0.3) is 0 Å². The first-order valence-electron chi connectivity index (χ1n) is 9.41. The Balaban J connectivity index is 2.36. The van der Waals surface area contributed by atoms with Crippen LogP contribution in [0.4, 0.5) is 0 Å². The summed E-state index contributed by atoms with van der Waals surface area (Å²) in [4.78, 5) is 0. The fourth-order valence-electron chi connectivity index (χ4n) is 3.34. The van der Waals surface area contributed by atoms with Crippen LogP contribution in [0.1, 0.15) is 75.6 Å². The van der Waals surface area contributed by atoms with Gasteiger partial charge >= 0.3 is 0 Å². The molecule has 0 fully saturated rings. The van der Waals surface area contributed by atoms with Crippen LogP contribution >= 0.6 is 0 Å². The summed E-state index contributed by atoms with van der Waals surface area (Å²) in [6, 6.07) is 15.1. The fraction of sp³-hybridized carbons (Fsp3) is 0.478. The number of hydrogen-bond acceptors (Lipinski definition) is 1. The van der Waals surface area contributed by atoms with E-state index in [1.807, 2.05) is 0 Å². The molecule has 2 aromatic carbocycles. The molecular weight excluding hydrogens is 292 g/mol. The first kappa shape index (κ1) is 18.6. The van der Waals surface area contributed by atoms with Crippen molar-refractivity contribution in [1.29, 1.82) is 0 Å². The maximum absolute atomic E-state index is 10.6. The number of hydrogen-bond donors (Lipinski definition) is 1. The number of phenols is 1. The standard InChI is InChI=1S/C23H32O/c1-5-7-8-10-13-19-17-21(16-18(6-2)22(19)24)23(3,4)20-14-11-9-12-15-20/h9,11-12,14-17,24H,5-8,10,13H2,1-4H3. The second kappa shape index (κ2) is 8.37. The molecule has 1 N–H and O–H groups in total. The molecule has 0 aliphatic carbocycles. The molecule has 0 amide bonds. The average Bonchev–Trinajstić information content (AvgIpc) is 2.60. The zero-order chi connectivity index (χ0) is 17.6. The molecule has 1 heteroatoms. The van der Waals surface area contributed by atoms with Crippen molar-refractivity contribution >= 4 is 0 Å². The lowest BCUT2D eigenvalue weighted by atomic mass is 9.76. The Morgan fingerprint density at radius 3 is 2.12 bits per heavy atom. The Morgan fingerprint density at radius 1 is 0.833 bits per heavy atom. The van der Waals surface area contributed by atoms with Gasteiger partial charge in [-0.25, -0.2) is 0 Å². The van der Waals surface area contributed by atoms with Gasteiger partial charge in [-0.15, -0.1) is 0 Å². The van der Waals surface area contributed by atoms with E-state index >= 15 is 0 Å². The third-order valence-electron chi connectivity index (χ3n) is 5.17. The molecule has 0 spiro atoms. The monoisotopic (exact) mass is 324 g/mol. The SMILES string of the molecule is CCCCCCc1cc(C(C)(C)c2ccccc2)cc(CC)c1O. The zero-order valence-corrected chi connectivity index (χ0v) is 15.7. The van der Waals surface area contributed by atoms with Crippen molar-refractivity contribution in [3.63, 3.8) is 0 Å². The molecule has 0 saturated carbocycles. The second-order valence-electron chi connectivity index (χ2n) is 7.30. The van der Waals surface area contributed by atoms with E-state index in [1.165, 1.54) is 30.4 Å². The van der Waals surface area contributed by atoms with Crippen molar-refractivity contribution < 1.29 is 5.11 Å². The van der Waals surface area contributed by atoms with Gasteiger partial charge in [0.15, 0.2) is 0 Å². The van der Waals surface area contributed by atoms with Crippen LogP contribution in [0.3, 0.4) is 0 Å². The van der Waals surface area contributed by atoms with Crippen molar-refractivity contribution in [3.05, 3.63) is 64.7 Å². The van der Waals surface area contributed by atoms with Crippen molar-refractivity contribution in [1.82, 2.24) is 0 Å². The van der Waals surface area contributed by atoms with Gasteiger partial charge in [0.2, 0.25) is 0 Å². The quantitative estimate of drug-likeness (QED) is 0.557. The summed E-state index contributed by atoms with van der Waals surface area (Å²) in [7, 11) is 0. The molecule has 0 aliphatic heterocycles. The van der Waals surface area contributed by atoms with E-state index in [2.05, 4.69) is 70.2 Å². The molecule has 1 nitrogen and oxygen atoms in total. The molecule has 24 heavy (non-hydrogen) atoms. The highest BCUT2D eigenvalue weighted by atomic mass is 16.3. The summed E-state index contributed by atoms with van der Waals surface area (Å²) in [5.41, 5.74) is 4.74. The van der Waals surface area contributed by atoms with Crippen molar-refractivity contribution in [2.24, 2.45) is 0 Å². The highest BCUT2D eigenvalue weighted by Crippen LogP contribution is 2.36. The molecule has 0 radical (unpaired) electrons. The molecular formula is C23H32O. The van der Waals surface area contributed by atoms with Crippen LogP contribution in [-0.2, 0) is 18.3 Å². The van der Waals surface area contributed by atoms with Crippen LogP contribution < -0.4 is 0 Å². The lowest BCUT2D eigenvalue weighted by Gasteiger charge is -2.28. The van der Waals surface area contributed by atoms with Crippen LogP contribution in [0.2, 0.25) is 0 Å². The number of unbranched alkanes of at least 4 members (excludes halogenated alkanes) is 3. The Bertz CT molecular complexity index is 641. The van der Waals surface area contributed by atoms with Gasteiger partial charge in [-0.05, 0) is 41.5 Å². The minimum Gasteiger partial charge on any atom is -0.507 e. The topological polar surface area (TPSA) is 20.2 Å². The van der Waals surface area contributed by atoms with E-state index < -0.39 is 0 Å². The molecule has 0 aromatic heterocycles. The highest BCUT2D eigenvalue weighted by Gasteiger charge is 2.25. The predicted octanol–water partition coefficient (Wildman–Crippen LogP) is 6.40. The van der Waals surface area contributed by atoms with Crippen LogP contribution in [0.5, 0.6) is 5.75 Å². The van der Waals surface area contributed by atoms with E-state index in [-0.39, 0.29) is 5.41 Å². The largest absolute Gasteiger partial charge is 0.507 e. The molecule has 0 atom stereocenters. The van der Waals surface area contributed by atoms with Crippen LogP contribution in [-0.4, -0.2) is 5.11 Å². The van der Waals surface area contributed by atoms with Crippen LogP contribution in [0, 0.1) is 0 Å². The minimum atomic E-state index is -0.0585. The summed E-state index contributed by atoms with van der Waals surface area (Å²) >= 11 is 0. The molecule has 2 aromatic rings. The maximum Gasteiger partial charge on any atom is 0.121 e. The summed E-state index contributed by atoms with van der Waals surface area (Å²) in [5, 5.41) is 10.6. The minimum absolute atomic E-state index is 0.0585. The van der Waals surface area contributed by atoms with E-state index in [0.29, 0.717) is 5.75 Å². The average molecular weight is 325 g/mol. The van der Waals surface area contributed by atoms with E-state index in [9.17, 15) is 5.11 Å². The molecule has 0 bridgehead atoms. The van der Waals surface area contributed by atoms with Gasteiger partial charge in [-0.3, -0.25) is 0 Å². The molecule has 0 aliphatic rings. The molecule has 0 heterocycles. The van der Waals surface area contributed by atoms with Crippen molar-refractivity contribution in [3.8, 4) is 5.75 Å². The highest BCUT2D eigenvalue weighted by molar-refractivity contribution is 5.49. The number of aryl methyl sites for hydroxylation is 2. The maximum atomic E-state index is 10.6. The second-order valence-corrected chi connectivity index (χ2v) is 7.30. The van der Waals surface area contributed by atoms with Crippen molar-refractivity contribution in [2.75, 3.05) is 0 Å². The number of benzene rings is 2. The first-order valence-corrected chi connectivity index (χ1v) is 9.41. The molecule has 0 unspecified atom stereocenters. The van der Waals surface area contributed by atoms with E-state index in [4.69, 9.17) is 0 Å².